The Kier molecular flexibility index (Phi) is 7.17. The number of fused-ring (bicyclic) bond motifs is 3. The SMILES string of the molecule is CCC[C@H](NC(=O)OCC1c2ccccc2-c2ccccc21)C(=O)N1CCOC(C)C1C(=O)O. The highest BCUT2D eigenvalue weighted by Crippen LogP contribution is 2.44. The third kappa shape index (κ3) is 4.63. The van der Waals surface area contributed by atoms with Crippen LogP contribution in [0.15, 0.2) is 48.5 Å². The molecule has 2 unspecified atom stereocenters. The van der Waals surface area contributed by atoms with E-state index in [2.05, 4.69) is 17.4 Å². The molecule has 8 heteroatoms. The molecule has 2 N–H and O–H groups in total. The Balaban J connectivity index is 1.44. The van der Waals surface area contributed by atoms with Gasteiger partial charge in [0.1, 0.15) is 12.6 Å². The highest BCUT2D eigenvalue weighted by Gasteiger charge is 2.40. The lowest BCUT2D eigenvalue weighted by Crippen LogP contribution is -2.60. The maximum Gasteiger partial charge on any atom is 0.407 e. The summed E-state index contributed by atoms with van der Waals surface area (Å²) in [4.78, 5) is 39.0. The summed E-state index contributed by atoms with van der Waals surface area (Å²) < 4.78 is 11.0. The van der Waals surface area contributed by atoms with Crippen molar-refractivity contribution < 1.29 is 29.0 Å². The minimum absolute atomic E-state index is 0.0880. The lowest BCUT2D eigenvalue weighted by Gasteiger charge is -2.38. The predicted molar refractivity (Wildman–Crippen MR) is 125 cm³/mol. The van der Waals surface area contributed by atoms with Crippen LogP contribution in [0.2, 0.25) is 0 Å². The highest BCUT2D eigenvalue weighted by molar-refractivity contribution is 5.89. The van der Waals surface area contributed by atoms with Crippen LogP contribution in [-0.2, 0) is 19.1 Å². The molecule has 1 heterocycles. The number of carbonyl (C=O) groups is 3. The van der Waals surface area contributed by atoms with E-state index in [4.69, 9.17) is 9.47 Å². The van der Waals surface area contributed by atoms with E-state index in [1.807, 2.05) is 43.3 Å². The van der Waals surface area contributed by atoms with Gasteiger partial charge in [-0.25, -0.2) is 9.59 Å². The number of alkyl carbamates (subject to hydrolysis) is 1. The zero-order chi connectivity index (χ0) is 24.2. The molecule has 1 fully saturated rings. The van der Waals surface area contributed by atoms with Crippen molar-refractivity contribution in [3.05, 3.63) is 59.7 Å². The molecule has 2 amide bonds. The fourth-order valence-corrected chi connectivity index (χ4v) is 4.93. The molecule has 8 nitrogen and oxygen atoms in total. The van der Waals surface area contributed by atoms with Crippen molar-refractivity contribution in [2.45, 2.75) is 50.8 Å². The van der Waals surface area contributed by atoms with Gasteiger partial charge in [0.2, 0.25) is 5.91 Å². The van der Waals surface area contributed by atoms with Crippen LogP contribution in [-0.4, -0.2) is 65.9 Å². The Morgan fingerprint density at radius 2 is 1.74 bits per heavy atom. The fraction of sp³-hybridized carbons (Fsp3) is 0.423. The van der Waals surface area contributed by atoms with Crippen molar-refractivity contribution in [1.29, 1.82) is 0 Å². The number of carboxylic acids is 1. The van der Waals surface area contributed by atoms with Gasteiger partial charge in [0.25, 0.3) is 0 Å². The smallest absolute Gasteiger partial charge is 0.407 e. The van der Waals surface area contributed by atoms with E-state index in [1.165, 1.54) is 4.90 Å². The van der Waals surface area contributed by atoms with Gasteiger partial charge in [0, 0.05) is 12.5 Å². The summed E-state index contributed by atoms with van der Waals surface area (Å²) in [7, 11) is 0. The van der Waals surface area contributed by atoms with E-state index >= 15 is 0 Å². The molecule has 0 bridgehead atoms. The summed E-state index contributed by atoms with van der Waals surface area (Å²) in [5.41, 5.74) is 4.47. The average Bonchev–Trinajstić information content (AvgIpc) is 3.15. The minimum Gasteiger partial charge on any atom is -0.480 e. The second-order valence-corrected chi connectivity index (χ2v) is 8.70. The molecule has 3 atom stereocenters. The molecule has 34 heavy (non-hydrogen) atoms. The monoisotopic (exact) mass is 466 g/mol. The molecule has 0 spiro atoms. The molecule has 2 aromatic rings. The van der Waals surface area contributed by atoms with Gasteiger partial charge in [-0.2, -0.15) is 0 Å². The zero-order valence-corrected chi connectivity index (χ0v) is 19.4. The van der Waals surface area contributed by atoms with Crippen LogP contribution < -0.4 is 5.32 Å². The number of ether oxygens (including phenoxy) is 2. The number of nitrogens with zero attached hydrogens (tertiary/aromatic N) is 1. The van der Waals surface area contributed by atoms with Crippen molar-refractivity contribution in [1.82, 2.24) is 10.2 Å². The van der Waals surface area contributed by atoms with Crippen LogP contribution >= 0.6 is 0 Å². The maximum atomic E-state index is 13.2. The zero-order valence-electron chi connectivity index (χ0n) is 19.4. The number of aliphatic carboxylic acids is 1. The van der Waals surface area contributed by atoms with Crippen LogP contribution in [0.25, 0.3) is 11.1 Å². The van der Waals surface area contributed by atoms with Crippen LogP contribution in [0.3, 0.4) is 0 Å². The largest absolute Gasteiger partial charge is 0.480 e. The summed E-state index contributed by atoms with van der Waals surface area (Å²) >= 11 is 0. The summed E-state index contributed by atoms with van der Waals surface area (Å²) in [6.45, 7) is 4.08. The van der Waals surface area contributed by atoms with Gasteiger partial charge in [-0.15, -0.1) is 0 Å². The number of hydrogen-bond acceptors (Lipinski definition) is 5. The molecule has 1 aliphatic heterocycles. The van der Waals surface area contributed by atoms with Gasteiger partial charge in [-0.05, 0) is 35.6 Å². The normalized spacial score (nSPS) is 20.2. The van der Waals surface area contributed by atoms with Crippen LogP contribution in [0, 0.1) is 0 Å². The number of amides is 2. The Morgan fingerprint density at radius 3 is 2.32 bits per heavy atom. The third-order valence-corrected chi connectivity index (χ3v) is 6.54. The third-order valence-electron chi connectivity index (χ3n) is 6.54. The Labute approximate surface area is 198 Å². The summed E-state index contributed by atoms with van der Waals surface area (Å²) in [6, 6.07) is 14.2. The van der Waals surface area contributed by atoms with Gasteiger partial charge < -0.3 is 24.8 Å². The van der Waals surface area contributed by atoms with E-state index in [0.29, 0.717) is 12.8 Å². The van der Waals surface area contributed by atoms with Crippen molar-refractivity contribution in [2.24, 2.45) is 0 Å². The van der Waals surface area contributed by atoms with E-state index in [1.54, 1.807) is 6.92 Å². The number of nitrogens with one attached hydrogen (secondary N) is 1. The molecule has 180 valence electrons. The highest BCUT2D eigenvalue weighted by atomic mass is 16.5. The Bertz CT molecular complexity index is 1030. The first-order valence-electron chi connectivity index (χ1n) is 11.7. The molecule has 0 aromatic heterocycles. The Morgan fingerprint density at radius 1 is 1.12 bits per heavy atom. The molecule has 2 aromatic carbocycles. The van der Waals surface area contributed by atoms with Crippen LogP contribution in [0.4, 0.5) is 4.79 Å². The van der Waals surface area contributed by atoms with Gasteiger partial charge >= 0.3 is 12.1 Å². The van der Waals surface area contributed by atoms with E-state index in [9.17, 15) is 19.5 Å². The first-order valence-corrected chi connectivity index (χ1v) is 11.7. The molecule has 0 radical (unpaired) electrons. The van der Waals surface area contributed by atoms with Crippen molar-refractivity contribution in [2.75, 3.05) is 19.8 Å². The quantitative estimate of drug-likeness (QED) is 0.648. The van der Waals surface area contributed by atoms with Crippen molar-refractivity contribution >= 4 is 18.0 Å². The van der Waals surface area contributed by atoms with Gasteiger partial charge in [-0.1, -0.05) is 61.9 Å². The first kappa shape index (κ1) is 23.8. The summed E-state index contributed by atoms with van der Waals surface area (Å²) in [5.74, 6) is -1.65. The fourth-order valence-electron chi connectivity index (χ4n) is 4.93. The average molecular weight is 467 g/mol. The molecule has 4 rings (SSSR count). The first-order chi connectivity index (χ1) is 16.4. The number of benzene rings is 2. The van der Waals surface area contributed by atoms with Crippen molar-refractivity contribution in [3.63, 3.8) is 0 Å². The summed E-state index contributed by atoms with van der Waals surface area (Å²) in [6.07, 6.45) is -0.313. The van der Waals surface area contributed by atoms with Crippen LogP contribution in [0.1, 0.15) is 43.7 Å². The Hall–Kier alpha value is -3.39. The lowest BCUT2D eigenvalue weighted by atomic mass is 9.98. The standard InChI is InChI=1S/C26H30N2O6/c1-3-8-22(24(29)28-13-14-33-16(2)23(28)25(30)31)27-26(32)34-15-21-19-11-6-4-9-17(19)18-10-5-7-12-20(18)21/h4-7,9-12,16,21-23H,3,8,13-15H2,1-2H3,(H,27,32)(H,30,31)/t16?,22-,23?/m0/s1. The van der Waals surface area contributed by atoms with Gasteiger partial charge in [0.15, 0.2) is 6.04 Å². The van der Waals surface area contributed by atoms with Gasteiger partial charge in [-0.3, -0.25) is 4.79 Å². The van der Waals surface area contributed by atoms with Crippen molar-refractivity contribution in [3.8, 4) is 11.1 Å². The minimum atomic E-state index is -1.13. The number of rotatable bonds is 7. The number of hydrogen-bond donors (Lipinski definition) is 2. The number of carbonyl (C=O) groups excluding carboxylic acids is 2. The second-order valence-electron chi connectivity index (χ2n) is 8.70. The molecule has 1 saturated heterocycles. The molecule has 2 aliphatic rings. The van der Waals surface area contributed by atoms with Gasteiger partial charge in [0.05, 0.1) is 12.7 Å². The molecule has 0 saturated carbocycles. The van der Waals surface area contributed by atoms with E-state index < -0.39 is 36.2 Å². The topological polar surface area (TPSA) is 105 Å². The van der Waals surface area contributed by atoms with E-state index in [0.717, 1.165) is 22.3 Å². The summed E-state index contributed by atoms with van der Waals surface area (Å²) in [5, 5.41) is 12.3. The lowest BCUT2D eigenvalue weighted by molar-refractivity contribution is -0.165. The number of carboxylic acid groups (broad SMARTS) is 1. The second kappa shape index (κ2) is 10.3. The van der Waals surface area contributed by atoms with Crippen LogP contribution in [0.5, 0.6) is 0 Å². The predicted octanol–water partition coefficient (Wildman–Crippen LogP) is 3.39. The number of morpholine rings is 1. The maximum absolute atomic E-state index is 13.2. The molecule has 1 aliphatic carbocycles. The molecular formula is C26H30N2O6. The molecular weight excluding hydrogens is 436 g/mol. The van der Waals surface area contributed by atoms with E-state index in [-0.39, 0.29) is 25.7 Å².